The molecule has 2 aromatic rings. The van der Waals surface area contributed by atoms with Gasteiger partial charge in [-0.3, -0.25) is 4.79 Å². The number of rotatable bonds is 8. The van der Waals surface area contributed by atoms with E-state index < -0.39 is 5.60 Å². The highest BCUT2D eigenvalue weighted by Gasteiger charge is 2.34. The first-order chi connectivity index (χ1) is 14.2. The Kier molecular flexibility index (Phi) is 7.72. The number of amides is 1. The number of thioether (sulfide) groups is 1. The van der Waals surface area contributed by atoms with Crippen molar-refractivity contribution in [2.24, 2.45) is 5.92 Å². The number of nitrogens with zero attached hydrogens (tertiary/aromatic N) is 1. The van der Waals surface area contributed by atoms with E-state index in [0.29, 0.717) is 10.9 Å². The zero-order valence-electron chi connectivity index (χ0n) is 17.3. The topological polar surface area (TPSA) is 51.2 Å². The number of carbonyl (C=O) groups excluding carboxylic acids is 1. The Bertz CT molecular complexity index is 898. The molecular formula is C23H26Cl2N2O2S. The summed E-state index contributed by atoms with van der Waals surface area (Å²) in [5.74, 6) is 1.47. The molecule has 0 aliphatic carbocycles. The lowest BCUT2D eigenvalue weighted by Gasteiger charge is -2.31. The second-order valence-corrected chi connectivity index (χ2v) is 9.79. The van der Waals surface area contributed by atoms with Crippen LogP contribution in [-0.2, 0) is 11.2 Å². The van der Waals surface area contributed by atoms with Crippen LogP contribution in [0.25, 0.3) is 0 Å². The van der Waals surface area contributed by atoms with Gasteiger partial charge in [0.1, 0.15) is 0 Å². The maximum Gasteiger partial charge on any atom is 0.263 e. The van der Waals surface area contributed by atoms with Gasteiger partial charge in [-0.05, 0) is 62.8 Å². The van der Waals surface area contributed by atoms with Crippen LogP contribution in [0.5, 0.6) is 5.88 Å². The molecule has 2 unspecified atom stereocenters. The molecule has 1 aromatic carbocycles. The van der Waals surface area contributed by atoms with E-state index in [9.17, 15) is 4.79 Å². The molecule has 3 rings (SSSR count). The highest BCUT2D eigenvalue weighted by molar-refractivity contribution is 8.02. The first kappa shape index (κ1) is 23.0. The molecule has 2 atom stereocenters. The van der Waals surface area contributed by atoms with Crippen LogP contribution in [0.1, 0.15) is 32.8 Å². The van der Waals surface area contributed by atoms with Crippen molar-refractivity contribution < 1.29 is 9.53 Å². The smallest absolute Gasteiger partial charge is 0.263 e. The van der Waals surface area contributed by atoms with Crippen molar-refractivity contribution in [2.75, 3.05) is 5.75 Å². The second kappa shape index (κ2) is 10.1. The molecule has 160 valence electrons. The van der Waals surface area contributed by atoms with Crippen LogP contribution in [0.3, 0.4) is 0 Å². The predicted octanol–water partition coefficient (Wildman–Crippen LogP) is 5.93. The van der Waals surface area contributed by atoms with Crippen molar-refractivity contribution in [3.63, 3.8) is 0 Å². The van der Waals surface area contributed by atoms with Crippen LogP contribution < -0.4 is 10.1 Å². The van der Waals surface area contributed by atoms with Crippen molar-refractivity contribution in [3.05, 3.63) is 69.2 Å². The van der Waals surface area contributed by atoms with Gasteiger partial charge in [-0.15, -0.1) is 11.8 Å². The lowest BCUT2D eigenvalue weighted by molar-refractivity contribution is -0.135. The molecular weight excluding hydrogens is 439 g/mol. The van der Waals surface area contributed by atoms with E-state index in [-0.39, 0.29) is 17.9 Å². The van der Waals surface area contributed by atoms with E-state index in [1.807, 2.05) is 36.0 Å². The molecule has 1 aliphatic rings. The molecule has 0 bridgehead atoms. The van der Waals surface area contributed by atoms with Crippen LogP contribution in [0, 0.1) is 5.92 Å². The molecule has 0 fully saturated rings. The monoisotopic (exact) mass is 464 g/mol. The van der Waals surface area contributed by atoms with Crippen LogP contribution in [0.15, 0.2) is 53.6 Å². The van der Waals surface area contributed by atoms with Gasteiger partial charge >= 0.3 is 0 Å². The first-order valence-electron chi connectivity index (χ1n) is 9.91. The van der Waals surface area contributed by atoms with Crippen molar-refractivity contribution in [1.82, 2.24) is 10.3 Å². The summed E-state index contributed by atoms with van der Waals surface area (Å²) in [6, 6.07) is 11.2. The molecule has 1 aromatic heterocycles. The van der Waals surface area contributed by atoms with Gasteiger partial charge in [0, 0.05) is 35.0 Å². The number of nitrogens with one attached hydrogen (secondary N) is 1. The van der Waals surface area contributed by atoms with Crippen LogP contribution in [0.2, 0.25) is 10.0 Å². The van der Waals surface area contributed by atoms with Gasteiger partial charge in [-0.25, -0.2) is 4.98 Å². The highest BCUT2D eigenvalue weighted by atomic mass is 35.5. The van der Waals surface area contributed by atoms with Gasteiger partial charge in [-0.2, -0.15) is 0 Å². The zero-order chi connectivity index (χ0) is 21.7. The first-order valence-corrected chi connectivity index (χ1v) is 11.7. The van der Waals surface area contributed by atoms with E-state index in [0.717, 1.165) is 23.6 Å². The second-order valence-electron chi connectivity index (χ2n) is 7.94. The summed E-state index contributed by atoms with van der Waals surface area (Å²) in [6.07, 6.45) is 3.38. The fourth-order valence-electron chi connectivity index (χ4n) is 3.39. The molecule has 30 heavy (non-hydrogen) atoms. The average Bonchev–Trinajstić information content (AvgIpc) is 3.23. The quantitative estimate of drug-likeness (QED) is 0.525. The van der Waals surface area contributed by atoms with Crippen molar-refractivity contribution in [2.45, 2.75) is 45.3 Å². The van der Waals surface area contributed by atoms with Gasteiger partial charge in [0.2, 0.25) is 5.88 Å². The number of ether oxygens (including phenoxy) is 1. The Morgan fingerprint density at radius 3 is 2.50 bits per heavy atom. The number of halogens is 2. The molecule has 1 amide bonds. The molecule has 4 nitrogen and oxygen atoms in total. The fraction of sp³-hybridized carbons (Fsp3) is 0.391. The predicted molar refractivity (Wildman–Crippen MR) is 125 cm³/mol. The summed E-state index contributed by atoms with van der Waals surface area (Å²) < 4.78 is 5.84. The largest absolute Gasteiger partial charge is 0.462 e. The summed E-state index contributed by atoms with van der Waals surface area (Å²) in [6.45, 7) is 5.54. The standard InChI is InChI=1S/C23H26Cl2N2O2S/c1-15(27-22(28)23(2,3)29-21-9-8-19(25)13-26-21)20(17-10-11-30-14-17)12-16-4-6-18(24)7-5-16/h4-9,13-15,20H,10-12H2,1-3H3,(H,27,28). The molecule has 0 radical (unpaired) electrons. The number of carbonyl (C=O) groups is 1. The number of benzene rings is 1. The number of pyridine rings is 1. The number of aromatic nitrogens is 1. The van der Waals surface area contributed by atoms with E-state index in [1.54, 1.807) is 26.0 Å². The third-order valence-corrected chi connectivity index (χ3v) is 6.54. The Balaban J connectivity index is 1.70. The molecule has 7 heteroatoms. The maximum absolute atomic E-state index is 13.0. The molecule has 0 saturated heterocycles. The SMILES string of the molecule is CC(NC(=O)C(C)(C)Oc1ccc(Cl)cn1)C(Cc1ccc(Cl)cc1)C1=CSCC1. The normalized spacial score (nSPS) is 16.0. The van der Waals surface area contributed by atoms with Crippen LogP contribution in [-0.4, -0.2) is 28.3 Å². The van der Waals surface area contributed by atoms with Crippen molar-refractivity contribution >= 4 is 40.9 Å². The minimum absolute atomic E-state index is 0.0563. The van der Waals surface area contributed by atoms with Crippen molar-refractivity contribution in [3.8, 4) is 5.88 Å². The van der Waals surface area contributed by atoms with E-state index >= 15 is 0 Å². The van der Waals surface area contributed by atoms with E-state index in [4.69, 9.17) is 27.9 Å². The Morgan fingerprint density at radius 1 is 1.20 bits per heavy atom. The molecule has 2 heterocycles. The van der Waals surface area contributed by atoms with E-state index in [2.05, 4.69) is 22.6 Å². The summed E-state index contributed by atoms with van der Waals surface area (Å²) in [7, 11) is 0. The van der Waals surface area contributed by atoms with E-state index in [1.165, 1.54) is 17.3 Å². The zero-order valence-corrected chi connectivity index (χ0v) is 19.7. The summed E-state index contributed by atoms with van der Waals surface area (Å²) in [4.78, 5) is 17.2. The van der Waals surface area contributed by atoms with Gasteiger partial charge in [0.25, 0.3) is 5.91 Å². The van der Waals surface area contributed by atoms with Gasteiger partial charge in [0.05, 0.1) is 5.02 Å². The Hall–Kier alpha value is -1.69. The number of hydrogen-bond donors (Lipinski definition) is 1. The minimum atomic E-state index is -1.07. The Morgan fingerprint density at radius 2 is 1.90 bits per heavy atom. The van der Waals surface area contributed by atoms with Crippen molar-refractivity contribution in [1.29, 1.82) is 0 Å². The summed E-state index contributed by atoms with van der Waals surface area (Å²) in [5, 5.41) is 6.65. The van der Waals surface area contributed by atoms with Gasteiger partial charge < -0.3 is 10.1 Å². The lowest BCUT2D eigenvalue weighted by Crippen LogP contribution is -2.51. The average molecular weight is 465 g/mol. The van der Waals surface area contributed by atoms with Gasteiger partial charge in [-0.1, -0.05) is 40.9 Å². The fourth-order valence-corrected chi connectivity index (χ4v) is 4.61. The highest BCUT2D eigenvalue weighted by Crippen LogP contribution is 2.32. The van der Waals surface area contributed by atoms with Gasteiger partial charge in [0.15, 0.2) is 5.60 Å². The molecule has 0 saturated carbocycles. The Labute approximate surface area is 192 Å². The van der Waals surface area contributed by atoms with Crippen LogP contribution >= 0.6 is 35.0 Å². The van der Waals surface area contributed by atoms with Crippen LogP contribution in [0.4, 0.5) is 0 Å². The number of hydrogen-bond acceptors (Lipinski definition) is 4. The molecule has 1 N–H and O–H groups in total. The lowest BCUT2D eigenvalue weighted by atomic mass is 9.85. The third-order valence-electron chi connectivity index (χ3n) is 5.16. The molecule has 1 aliphatic heterocycles. The third kappa shape index (κ3) is 6.16. The maximum atomic E-state index is 13.0. The minimum Gasteiger partial charge on any atom is -0.462 e. The molecule has 0 spiro atoms. The summed E-state index contributed by atoms with van der Waals surface area (Å²) in [5.41, 5.74) is 1.50. The summed E-state index contributed by atoms with van der Waals surface area (Å²) >= 11 is 13.7.